The summed E-state index contributed by atoms with van der Waals surface area (Å²) in [4.78, 5) is 2.46. The molecule has 0 spiro atoms. The molecule has 1 atom stereocenters. The van der Waals surface area contributed by atoms with Gasteiger partial charge in [0.15, 0.2) is 0 Å². The quantitative estimate of drug-likeness (QED) is 0.746. The minimum absolute atomic E-state index is 0.164. The molecule has 0 heterocycles. The zero-order valence-electron chi connectivity index (χ0n) is 12.6. The largest absolute Gasteiger partial charge is 0.398 e. The van der Waals surface area contributed by atoms with Crippen LogP contribution in [0.4, 0.5) is 5.69 Å². The number of hydrogen-bond acceptors (Lipinski definition) is 4. The van der Waals surface area contributed by atoms with E-state index in [2.05, 4.69) is 25.6 Å². The van der Waals surface area contributed by atoms with Gasteiger partial charge in [0.1, 0.15) is 0 Å². The van der Waals surface area contributed by atoms with E-state index in [1.54, 1.807) is 19.1 Å². The molecule has 1 unspecified atom stereocenters. The summed E-state index contributed by atoms with van der Waals surface area (Å²) in [6.07, 6.45) is 2.41. The summed E-state index contributed by atoms with van der Waals surface area (Å²) in [7, 11) is -1.52. The maximum absolute atomic E-state index is 12.5. The predicted molar refractivity (Wildman–Crippen MR) is 88.7 cm³/mol. The first-order valence-corrected chi connectivity index (χ1v) is 9.27. The van der Waals surface area contributed by atoms with E-state index < -0.39 is 10.0 Å². The molecule has 0 bridgehead atoms. The second kappa shape index (κ2) is 6.24. The highest BCUT2D eigenvalue weighted by atomic mass is 79.9. The van der Waals surface area contributed by atoms with Gasteiger partial charge in [-0.15, -0.1) is 0 Å². The molecule has 118 valence electrons. The maximum Gasteiger partial charge on any atom is 0.240 e. The normalized spacial score (nSPS) is 17.2. The first-order valence-electron chi connectivity index (χ1n) is 6.99. The minimum atomic E-state index is -3.56. The molecule has 0 aromatic heterocycles. The van der Waals surface area contributed by atoms with Crippen molar-refractivity contribution < 1.29 is 8.42 Å². The van der Waals surface area contributed by atoms with Crippen LogP contribution in [-0.2, 0) is 10.0 Å². The molecule has 5 nitrogen and oxygen atoms in total. The molecular weight excluding hydrogens is 354 g/mol. The Kier molecular flexibility index (Phi) is 4.97. The van der Waals surface area contributed by atoms with E-state index in [0.29, 0.717) is 28.3 Å². The average Bonchev–Trinajstić information content (AvgIpc) is 3.23. The van der Waals surface area contributed by atoms with Gasteiger partial charge in [0.25, 0.3) is 0 Å². The molecule has 0 radical (unpaired) electrons. The molecule has 21 heavy (non-hydrogen) atoms. The van der Waals surface area contributed by atoms with Gasteiger partial charge in [-0.25, -0.2) is 13.1 Å². The monoisotopic (exact) mass is 375 g/mol. The zero-order valence-corrected chi connectivity index (χ0v) is 15.0. The van der Waals surface area contributed by atoms with Gasteiger partial charge in [0, 0.05) is 28.8 Å². The lowest BCUT2D eigenvalue weighted by molar-refractivity contribution is 0.248. The number of nitrogens with one attached hydrogen (secondary N) is 1. The van der Waals surface area contributed by atoms with Gasteiger partial charge < -0.3 is 5.73 Å². The van der Waals surface area contributed by atoms with Gasteiger partial charge in [0.05, 0.1) is 4.90 Å². The summed E-state index contributed by atoms with van der Waals surface area (Å²) in [6, 6.07) is 4.06. The molecule has 1 saturated carbocycles. The van der Waals surface area contributed by atoms with Gasteiger partial charge in [-0.1, -0.05) is 15.9 Å². The number of benzene rings is 1. The van der Waals surface area contributed by atoms with Crippen molar-refractivity contribution in [2.45, 2.75) is 43.7 Å². The van der Waals surface area contributed by atoms with Crippen LogP contribution in [-0.4, -0.2) is 39.0 Å². The number of hydrogen-bond donors (Lipinski definition) is 2. The van der Waals surface area contributed by atoms with Crippen molar-refractivity contribution in [2.75, 3.05) is 19.3 Å². The average molecular weight is 376 g/mol. The van der Waals surface area contributed by atoms with Crippen LogP contribution in [0.15, 0.2) is 21.5 Å². The Hall–Kier alpha value is -0.630. The van der Waals surface area contributed by atoms with E-state index in [9.17, 15) is 8.42 Å². The second-order valence-corrected chi connectivity index (χ2v) is 8.37. The highest BCUT2D eigenvalue weighted by Crippen LogP contribution is 2.28. The summed E-state index contributed by atoms with van der Waals surface area (Å²) in [6.45, 7) is 4.14. The molecule has 2 rings (SSSR count). The summed E-state index contributed by atoms with van der Waals surface area (Å²) in [5.74, 6) is 0. The molecule has 1 aromatic carbocycles. The van der Waals surface area contributed by atoms with Gasteiger partial charge in [-0.05, 0) is 51.4 Å². The molecule has 3 N–H and O–H groups in total. The number of nitrogen functional groups attached to an aromatic ring is 1. The molecule has 1 aliphatic rings. The Labute approximate surface area is 135 Å². The molecule has 1 aliphatic carbocycles. The molecule has 1 aromatic rings. The number of nitrogens with two attached hydrogens (primary N) is 1. The zero-order chi connectivity index (χ0) is 15.8. The standard InChI is InChI=1S/C14H22BrN3O2S/c1-9(18(3)12-4-5-12)8-17-21(19,20)14-7-11(15)6-13(16)10(14)2/h6-7,9,12,17H,4-5,8,16H2,1-3H3. The van der Waals surface area contributed by atoms with Crippen LogP contribution in [0.2, 0.25) is 0 Å². The number of anilines is 1. The van der Waals surface area contributed by atoms with Crippen LogP contribution in [0, 0.1) is 6.92 Å². The number of halogens is 1. The predicted octanol–water partition coefficient (Wildman–Crippen LogP) is 2.10. The number of likely N-dealkylation sites (N-methyl/N-ethyl adjacent to an activating group) is 1. The first-order chi connectivity index (χ1) is 9.72. The van der Waals surface area contributed by atoms with E-state index in [1.807, 2.05) is 14.0 Å². The Morgan fingerprint density at radius 2 is 2.10 bits per heavy atom. The van der Waals surface area contributed by atoms with Crippen molar-refractivity contribution >= 4 is 31.6 Å². The van der Waals surface area contributed by atoms with Crippen molar-refractivity contribution in [3.8, 4) is 0 Å². The van der Waals surface area contributed by atoms with Gasteiger partial charge in [0.2, 0.25) is 10.0 Å². The Morgan fingerprint density at radius 1 is 1.48 bits per heavy atom. The fourth-order valence-electron chi connectivity index (χ4n) is 2.25. The maximum atomic E-state index is 12.5. The fraction of sp³-hybridized carbons (Fsp3) is 0.571. The highest BCUT2D eigenvalue weighted by Gasteiger charge is 2.30. The van der Waals surface area contributed by atoms with Crippen molar-refractivity contribution in [1.29, 1.82) is 0 Å². The van der Waals surface area contributed by atoms with Crippen LogP contribution in [0.1, 0.15) is 25.3 Å². The van der Waals surface area contributed by atoms with E-state index >= 15 is 0 Å². The molecular formula is C14H22BrN3O2S. The second-order valence-electron chi connectivity index (χ2n) is 5.72. The number of rotatable bonds is 6. The molecule has 7 heteroatoms. The highest BCUT2D eigenvalue weighted by molar-refractivity contribution is 9.10. The van der Waals surface area contributed by atoms with Crippen LogP contribution in [0.25, 0.3) is 0 Å². The fourth-order valence-corrected chi connectivity index (χ4v) is 4.29. The Balaban J connectivity index is 2.11. The van der Waals surface area contributed by atoms with E-state index in [0.717, 1.165) is 0 Å². The molecule has 1 fully saturated rings. The van der Waals surface area contributed by atoms with Gasteiger partial charge in [-0.2, -0.15) is 0 Å². The van der Waals surface area contributed by atoms with Crippen LogP contribution in [0.5, 0.6) is 0 Å². The molecule has 0 amide bonds. The van der Waals surface area contributed by atoms with Crippen molar-refractivity contribution in [3.05, 3.63) is 22.2 Å². The Morgan fingerprint density at radius 3 is 2.67 bits per heavy atom. The summed E-state index contributed by atoms with van der Waals surface area (Å²) in [5.41, 5.74) is 6.88. The van der Waals surface area contributed by atoms with E-state index in [1.165, 1.54) is 12.8 Å². The third-order valence-corrected chi connectivity index (χ3v) is 6.05. The van der Waals surface area contributed by atoms with Crippen LogP contribution >= 0.6 is 15.9 Å². The lowest BCUT2D eigenvalue weighted by Gasteiger charge is -2.24. The smallest absolute Gasteiger partial charge is 0.240 e. The van der Waals surface area contributed by atoms with Crippen LogP contribution < -0.4 is 10.5 Å². The number of nitrogens with zero attached hydrogens (tertiary/aromatic N) is 1. The third-order valence-electron chi connectivity index (χ3n) is 4.04. The van der Waals surface area contributed by atoms with E-state index in [4.69, 9.17) is 5.73 Å². The van der Waals surface area contributed by atoms with Gasteiger partial charge in [-0.3, -0.25) is 4.90 Å². The number of sulfonamides is 1. The van der Waals surface area contributed by atoms with Crippen LogP contribution in [0.3, 0.4) is 0 Å². The lowest BCUT2D eigenvalue weighted by Crippen LogP contribution is -2.41. The van der Waals surface area contributed by atoms with E-state index in [-0.39, 0.29) is 10.9 Å². The topological polar surface area (TPSA) is 75.4 Å². The Bertz CT molecular complexity index is 629. The molecule has 0 aliphatic heterocycles. The van der Waals surface area contributed by atoms with Gasteiger partial charge >= 0.3 is 0 Å². The van der Waals surface area contributed by atoms with Crippen molar-refractivity contribution in [3.63, 3.8) is 0 Å². The SMILES string of the molecule is Cc1c(N)cc(Br)cc1S(=O)(=O)NCC(C)N(C)C1CC1. The third kappa shape index (κ3) is 3.97. The minimum Gasteiger partial charge on any atom is -0.398 e. The summed E-state index contributed by atoms with van der Waals surface area (Å²) < 4.78 is 28.3. The lowest BCUT2D eigenvalue weighted by atomic mass is 10.2. The summed E-state index contributed by atoms with van der Waals surface area (Å²) >= 11 is 3.29. The first kappa shape index (κ1) is 16.7. The summed E-state index contributed by atoms with van der Waals surface area (Å²) in [5, 5.41) is 0. The van der Waals surface area contributed by atoms with Crippen molar-refractivity contribution in [1.82, 2.24) is 9.62 Å². The van der Waals surface area contributed by atoms with Crippen molar-refractivity contribution in [2.24, 2.45) is 0 Å². The molecule has 0 saturated heterocycles.